The van der Waals surface area contributed by atoms with Crippen LogP contribution >= 0.6 is 23.4 Å². The monoisotopic (exact) mass is 525 g/mol. The molecule has 0 N–H and O–H groups in total. The molecule has 11 heteroatoms. The highest BCUT2D eigenvalue weighted by atomic mass is 35.5. The van der Waals surface area contributed by atoms with Crippen LogP contribution in [0.4, 0.5) is 13.2 Å². The first-order valence-electron chi connectivity index (χ1n) is 11.0. The Hall–Kier alpha value is -2.72. The van der Waals surface area contributed by atoms with Crippen LogP contribution in [0.1, 0.15) is 59.1 Å². The fourth-order valence-corrected chi connectivity index (χ4v) is 6.03. The van der Waals surface area contributed by atoms with Gasteiger partial charge in [0, 0.05) is 5.02 Å². The van der Waals surface area contributed by atoms with Gasteiger partial charge in [0.15, 0.2) is 5.82 Å². The molecule has 0 fully saturated rings. The van der Waals surface area contributed by atoms with E-state index in [0.717, 1.165) is 15.7 Å². The molecule has 2 aromatic carbocycles. The molecule has 1 aliphatic heterocycles. The SMILES string of the molecule is CCOC(=O)C[C@H]1S[C@H](c2cccc(OC)c2CC)c2cc(Cl)ccc2-n2c1nnc2C(F)(F)F. The van der Waals surface area contributed by atoms with E-state index in [2.05, 4.69) is 10.2 Å². The van der Waals surface area contributed by atoms with Gasteiger partial charge in [-0.15, -0.1) is 22.0 Å². The minimum atomic E-state index is -4.76. The summed E-state index contributed by atoms with van der Waals surface area (Å²) in [5.74, 6) is -0.983. The number of hydrogen-bond acceptors (Lipinski definition) is 6. The van der Waals surface area contributed by atoms with Crippen molar-refractivity contribution in [3.63, 3.8) is 0 Å². The van der Waals surface area contributed by atoms with E-state index in [-0.39, 0.29) is 24.5 Å². The van der Waals surface area contributed by atoms with Gasteiger partial charge in [-0.1, -0.05) is 30.7 Å². The van der Waals surface area contributed by atoms with Crippen LogP contribution in [0.3, 0.4) is 0 Å². The van der Waals surface area contributed by atoms with Crippen LogP contribution in [-0.4, -0.2) is 34.5 Å². The first-order valence-corrected chi connectivity index (χ1v) is 12.3. The minimum Gasteiger partial charge on any atom is -0.496 e. The van der Waals surface area contributed by atoms with Crippen LogP contribution < -0.4 is 4.74 Å². The molecule has 0 spiro atoms. The highest BCUT2D eigenvalue weighted by Crippen LogP contribution is 2.53. The van der Waals surface area contributed by atoms with Gasteiger partial charge < -0.3 is 9.47 Å². The molecule has 0 radical (unpaired) electrons. The van der Waals surface area contributed by atoms with Gasteiger partial charge in [-0.25, -0.2) is 0 Å². The van der Waals surface area contributed by atoms with Crippen molar-refractivity contribution in [2.24, 2.45) is 0 Å². The predicted octanol–water partition coefficient (Wildman–Crippen LogP) is 6.34. The highest BCUT2D eigenvalue weighted by Gasteiger charge is 2.43. The number of methoxy groups -OCH3 is 1. The first-order chi connectivity index (χ1) is 16.7. The Kier molecular flexibility index (Phi) is 7.32. The number of aromatic nitrogens is 3. The topological polar surface area (TPSA) is 66.2 Å². The summed E-state index contributed by atoms with van der Waals surface area (Å²) in [6, 6.07) is 10.3. The normalized spacial score (nSPS) is 17.3. The smallest absolute Gasteiger partial charge is 0.452 e. The number of carbonyl (C=O) groups excluding carboxylic acids is 1. The highest BCUT2D eigenvalue weighted by molar-refractivity contribution is 8.00. The van der Waals surface area contributed by atoms with Crippen LogP contribution in [0.2, 0.25) is 5.02 Å². The number of benzene rings is 2. The van der Waals surface area contributed by atoms with Gasteiger partial charge >= 0.3 is 12.1 Å². The van der Waals surface area contributed by atoms with Gasteiger partial charge in [0.2, 0.25) is 5.82 Å². The second kappa shape index (κ2) is 10.1. The fraction of sp³-hybridized carbons (Fsp3) is 0.375. The number of fused-ring (bicyclic) bond motifs is 3. The Balaban J connectivity index is 2.00. The van der Waals surface area contributed by atoms with Gasteiger partial charge in [0.1, 0.15) is 5.75 Å². The third-order valence-corrected chi connectivity index (χ3v) is 7.45. The Morgan fingerprint density at radius 1 is 1.17 bits per heavy atom. The Bertz CT molecular complexity index is 1250. The maximum atomic E-state index is 14.0. The van der Waals surface area contributed by atoms with Crippen molar-refractivity contribution in [2.75, 3.05) is 13.7 Å². The maximum Gasteiger partial charge on any atom is 0.452 e. The summed E-state index contributed by atoms with van der Waals surface area (Å²) in [4.78, 5) is 12.5. The van der Waals surface area contributed by atoms with Crippen LogP contribution in [0.5, 0.6) is 5.75 Å². The summed E-state index contributed by atoms with van der Waals surface area (Å²) in [6.07, 6.45) is -4.29. The number of thioether (sulfide) groups is 1. The molecule has 0 saturated carbocycles. The average Bonchev–Trinajstić information content (AvgIpc) is 3.22. The Morgan fingerprint density at radius 3 is 2.60 bits per heavy atom. The van der Waals surface area contributed by atoms with Crippen molar-refractivity contribution in [1.29, 1.82) is 0 Å². The molecule has 0 amide bonds. The van der Waals surface area contributed by atoms with Crippen LogP contribution in [0, 0.1) is 0 Å². The zero-order chi connectivity index (χ0) is 25.3. The van der Waals surface area contributed by atoms with E-state index in [9.17, 15) is 18.0 Å². The predicted molar refractivity (Wildman–Crippen MR) is 127 cm³/mol. The fourth-order valence-electron chi connectivity index (χ4n) is 4.31. The third kappa shape index (κ3) is 4.86. The lowest BCUT2D eigenvalue weighted by molar-refractivity contribution is -0.146. The largest absolute Gasteiger partial charge is 0.496 e. The standard InChI is InChI=1S/C24H23ClF3N3O3S/c1-4-14-15(7-6-8-18(14)33-3)21-16-11-13(25)9-10-17(16)31-22(29-30-23(31)24(26,27)28)19(35-21)12-20(32)34-5-2/h6-11,19,21H,4-5,12H2,1-3H3/t19-,21-/m1/s1. The van der Waals surface area contributed by atoms with E-state index < -0.39 is 28.5 Å². The lowest BCUT2D eigenvalue weighted by Gasteiger charge is -2.24. The zero-order valence-electron chi connectivity index (χ0n) is 19.2. The van der Waals surface area contributed by atoms with Gasteiger partial charge in [-0.05, 0) is 54.3 Å². The summed E-state index contributed by atoms with van der Waals surface area (Å²) in [6.45, 7) is 3.81. The van der Waals surface area contributed by atoms with Crippen molar-refractivity contribution in [3.8, 4) is 11.4 Å². The lowest BCUT2D eigenvalue weighted by Crippen LogP contribution is -2.17. The Morgan fingerprint density at radius 2 is 1.94 bits per heavy atom. The lowest BCUT2D eigenvalue weighted by atomic mass is 9.95. The number of nitrogens with zero attached hydrogens (tertiary/aromatic N) is 3. The van der Waals surface area contributed by atoms with E-state index in [4.69, 9.17) is 21.1 Å². The molecular weight excluding hydrogens is 503 g/mol. The minimum absolute atomic E-state index is 0.0300. The van der Waals surface area contributed by atoms with Crippen LogP contribution in [0.15, 0.2) is 36.4 Å². The summed E-state index contributed by atoms with van der Waals surface area (Å²) in [7, 11) is 1.57. The summed E-state index contributed by atoms with van der Waals surface area (Å²) < 4.78 is 53.7. The summed E-state index contributed by atoms with van der Waals surface area (Å²) in [5.41, 5.74) is 2.60. The van der Waals surface area contributed by atoms with E-state index in [0.29, 0.717) is 22.8 Å². The number of alkyl halides is 3. The zero-order valence-corrected chi connectivity index (χ0v) is 20.8. The number of rotatable bonds is 6. The molecule has 35 heavy (non-hydrogen) atoms. The average molecular weight is 526 g/mol. The van der Waals surface area contributed by atoms with Gasteiger partial charge in [0.05, 0.1) is 36.3 Å². The van der Waals surface area contributed by atoms with Gasteiger partial charge in [-0.2, -0.15) is 13.2 Å². The molecular formula is C24H23ClF3N3O3S. The van der Waals surface area contributed by atoms with E-state index in [1.54, 1.807) is 20.1 Å². The van der Waals surface area contributed by atoms with E-state index >= 15 is 0 Å². The molecule has 2 heterocycles. The van der Waals surface area contributed by atoms with Crippen molar-refractivity contribution in [3.05, 3.63) is 69.8 Å². The number of halogens is 4. The number of esters is 1. The van der Waals surface area contributed by atoms with Crippen molar-refractivity contribution in [1.82, 2.24) is 14.8 Å². The number of ether oxygens (including phenoxy) is 2. The van der Waals surface area contributed by atoms with Gasteiger partial charge in [0.25, 0.3) is 0 Å². The summed E-state index contributed by atoms with van der Waals surface area (Å²) in [5, 5.41) is 6.53. The molecule has 4 rings (SSSR count). The maximum absolute atomic E-state index is 14.0. The molecule has 0 bridgehead atoms. The quantitative estimate of drug-likeness (QED) is 0.350. The molecule has 1 aromatic heterocycles. The molecule has 3 aromatic rings. The van der Waals surface area contributed by atoms with E-state index in [1.165, 1.54) is 23.9 Å². The molecule has 1 aliphatic rings. The molecule has 0 aliphatic carbocycles. The van der Waals surface area contributed by atoms with E-state index in [1.807, 2.05) is 25.1 Å². The molecule has 6 nitrogen and oxygen atoms in total. The first kappa shape index (κ1) is 25.4. The van der Waals surface area contributed by atoms with Crippen molar-refractivity contribution >= 4 is 29.3 Å². The Labute approximate surface area is 209 Å². The summed E-state index contributed by atoms with van der Waals surface area (Å²) >= 11 is 7.66. The van der Waals surface area contributed by atoms with Crippen LogP contribution in [-0.2, 0) is 22.1 Å². The van der Waals surface area contributed by atoms with Gasteiger partial charge in [-0.3, -0.25) is 9.36 Å². The molecule has 186 valence electrons. The second-order valence-electron chi connectivity index (χ2n) is 7.81. The number of hydrogen-bond donors (Lipinski definition) is 0. The third-order valence-electron chi connectivity index (χ3n) is 5.73. The number of carbonyl (C=O) groups is 1. The molecule has 0 saturated heterocycles. The molecule has 2 atom stereocenters. The molecule has 0 unspecified atom stereocenters. The van der Waals surface area contributed by atoms with Crippen molar-refractivity contribution < 1.29 is 27.4 Å². The van der Waals surface area contributed by atoms with Crippen LogP contribution in [0.25, 0.3) is 5.69 Å². The van der Waals surface area contributed by atoms with Crippen molar-refractivity contribution in [2.45, 2.75) is 43.4 Å². The second-order valence-corrected chi connectivity index (χ2v) is 9.56.